The number of fused-ring (bicyclic) bond motifs is 22. The Kier molecular flexibility index (Phi) is 14.1. The maximum atomic E-state index is 6.43. The predicted molar refractivity (Wildman–Crippen MR) is 390 cm³/mol. The number of hydrogen-bond acceptors (Lipinski definition) is 6. The van der Waals surface area contributed by atoms with Crippen molar-refractivity contribution in [1.82, 2.24) is 0 Å². The van der Waals surface area contributed by atoms with Crippen LogP contribution >= 0.6 is 15.9 Å². The maximum Gasteiger partial charge on any atom is 0.494 e. The highest BCUT2D eigenvalue weighted by molar-refractivity contribution is 9.10. The molecule has 5 aliphatic rings. The molecule has 3 fully saturated rings. The van der Waals surface area contributed by atoms with E-state index in [-0.39, 0.29) is 59.0 Å². The van der Waals surface area contributed by atoms with Gasteiger partial charge in [-0.2, -0.15) is 0 Å². The molecule has 3 heterocycles. The molecule has 0 spiro atoms. The Morgan fingerprint density at radius 1 is 0.275 bits per heavy atom. The maximum absolute atomic E-state index is 6.43. The van der Waals surface area contributed by atoms with E-state index in [4.69, 9.17) is 27.9 Å². The molecule has 10 heteroatoms. The van der Waals surface area contributed by atoms with Crippen molar-refractivity contribution in [3.8, 4) is 22.3 Å². The van der Waals surface area contributed by atoms with E-state index in [0.717, 1.165) is 9.94 Å². The Balaban J connectivity index is 0.000000127. The van der Waals surface area contributed by atoms with E-state index in [1.54, 1.807) is 0 Å². The van der Waals surface area contributed by atoms with Crippen LogP contribution in [0.15, 0.2) is 186 Å². The molecule has 12 aromatic rings. The minimum absolute atomic E-state index is 0. The van der Waals surface area contributed by atoms with Gasteiger partial charge in [-0.25, -0.2) is 0 Å². The molecule has 0 N–H and O–H groups in total. The van der Waals surface area contributed by atoms with Gasteiger partial charge < -0.3 is 27.9 Å². The van der Waals surface area contributed by atoms with Crippen LogP contribution in [-0.2, 0) is 38.8 Å². The minimum Gasteiger partial charge on any atom is -0.405 e. The standard InChI is InChI=1S/C37H33BO2.C31H21Br.C12H24B2O4.CH4/c1-35(2)32-19-23(38-39-36(3,4)37(5,6)40-38)16-18-27(32)30-20-29-26-14-10-9-13-25(26)28-17-15-22-11-7-8-12-24(22)34(28)31(29)21-33(30)35;1-31(2)28-15-19(32)12-14-23(28)26-16-25-22-10-6-5-9-21(22)24-13-11-18-7-3-4-8-20(18)30(24)27(25)17-29(26)31;1-9(2)10(3,4)16-13(15-9)14-17-11(5,6)12(7,8)18-14;/h7-21H,1-6H3;3-17H,1-2H3;1-8H3;1H4. The first-order valence-electron chi connectivity index (χ1n) is 32.1. The Hall–Kier alpha value is -6.85. The zero-order chi connectivity index (χ0) is 63.2. The van der Waals surface area contributed by atoms with Gasteiger partial charge in [0.1, 0.15) is 0 Å². The fraction of sp³-hybridized carbons (Fsp3) is 0.309. The fourth-order valence-electron chi connectivity index (χ4n) is 15.0. The van der Waals surface area contributed by atoms with Crippen molar-refractivity contribution in [1.29, 1.82) is 0 Å². The first-order valence-corrected chi connectivity index (χ1v) is 32.9. The predicted octanol–water partition coefficient (Wildman–Crippen LogP) is 21.2. The molecule has 0 saturated carbocycles. The normalized spacial score (nSPS) is 19.5. The third kappa shape index (κ3) is 9.34. The van der Waals surface area contributed by atoms with Crippen LogP contribution in [0.2, 0.25) is 0 Å². The summed E-state index contributed by atoms with van der Waals surface area (Å²) in [6, 6.07) is 67.9. The van der Waals surface area contributed by atoms with Crippen LogP contribution in [0.5, 0.6) is 0 Å². The highest BCUT2D eigenvalue weighted by Crippen LogP contribution is 2.55. The first-order chi connectivity index (χ1) is 42.5. The van der Waals surface area contributed by atoms with Gasteiger partial charge in [0.15, 0.2) is 0 Å². The lowest BCUT2D eigenvalue weighted by Crippen LogP contribution is -2.41. The van der Waals surface area contributed by atoms with Crippen molar-refractivity contribution in [2.75, 3.05) is 0 Å². The van der Waals surface area contributed by atoms with E-state index >= 15 is 0 Å². The zero-order valence-corrected chi connectivity index (χ0v) is 56.5. The van der Waals surface area contributed by atoms with Gasteiger partial charge in [-0.1, -0.05) is 197 Å². The molecule has 12 aromatic carbocycles. The highest BCUT2D eigenvalue weighted by atomic mass is 79.9. The average Bonchev–Trinajstić information content (AvgIpc) is 1.71. The minimum atomic E-state index is -0.476. The van der Waals surface area contributed by atoms with Gasteiger partial charge in [0.05, 0.1) is 33.6 Å². The summed E-state index contributed by atoms with van der Waals surface area (Å²) in [5.41, 5.74) is 9.64. The van der Waals surface area contributed by atoms with Crippen LogP contribution in [-0.4, -0.2) is 54.7 Å². The molecule has 3 saturated heterocycles. The molecule has 0 unspecified atom stereocenters. The van der Waals surface area contributed by atoms with Crippen LogP contribution in [0, 0.1) is 0 Å². The third-order valence-corrected chi connectivity index (χ3v) is 22.8. The molecule has 17 rings (SSSR count). The molecular weight excluding hydrogens is 1180 g/mol. The lowest BCUT2D eigenvalue weighted by molar-refractivity contribution is 0.00578. The molecule has 0 bridgehead atoms. The second kappa shape index (κ2) is 20.8. The van der Waals surface area contributed by atoms with Crippen LogP contribution in [0.25, 0.3) is 108 Å². The lowest BCUT2D eigenvalue weighted by Gasteiger charge is -2.32. The largest absolute Gasteiger partial charge is 0.494 e. The molecule has 0 amide bonds. The molecule has 91 heavy (non-hydrogen) atoms. The van der Waals surface area contributed by atoms with Gasteiger partial charge in [0, 0.05) is 15.3 Å². The number of benzene rings is 12. The fourth-order valence-corrected chi connectivity index (χ4v) is 15.4. The Morgan fingerprint density at radius 2 is 0.604 bits per heavy atom. The molecule has 3 aliphatic heterocycles. The van der Waals surface area contributed by atoms with E-state index in [1.807, 2.05) is 55.4 Å². The molecule has 6 nitrogen and oxygen atoms in total. The van der Waals surface area contributed by atoms with Gasteiger partial charge in [-0.15, -0.1) is 0 Å². The Bertz CT molecular complexity index is 4960. The molecule has 2 aliphatic carbocycles. The van der Waals surface area contributed by atoms with Gasteiger partial charge >= 0.3 is 21.1 Å². The number of rotatable bonds is 2. The van der Waals surface area contributed by atoms with E-state index < -0.39 is 14.0 Å². The number of hydrogen-bond donors (Lipinski definition) is 0. The molecular formula is C81H82B3BrO6. The zero-order valence-electron chi connectivity index (χ0n) is 54.9. The van der Waals surface area contributed by atoms with Crippen LogP contribution in [0.3, 0.4) is 0 Å². The van der Waals surface area contributed by atoms with Crippen LogP contribution in [0.4, 0.5) is 0 Å². The number of halogens is 1. The van der Waals surface area contributed by atoms with Gasteiger partial charge in [0.2, 0.25) is 0 Å². The van der Waals surface area contributed by atoms with E-state index in [2.05, 4.69) is 253 Å². The van der Waals surface area contributed by atoms with Crippen LogP contribution < -0.4 is 5.46 Å². The Morgan fingerprint density at radius 3 is 1.01 bits per heavy atom. The van der Waals surface area contributed by atoms with E-state index in [0.29, 0.717) is 0 Å². The van der Waals surface area contributed by atoms with Crippen molar-refractivity contribution in [3.63, 3.8) is 0 Å². The monoisotopic (exact) mass is 1260 g/mol. The summed E-state index contributed by atoms with van der Waals surface area (Å²) < 4.78 is 37.9. The molecule has 0 aromatic heterocycles. The van der Waals surface area contributed by atoms with Crippen LogP contribution in [0.1, 0.15) is 140 Å². The first kappa shape index (κ1) is 61.6. The topological polar surface area (TPSA) is 55.4 Å². The molecule has 0 radical (unpaired) electrons. The molecule has 0 atom stereocenters. The van der Waals surface area contributed by atoms with Crippen molar-refractivity contribution < 1.29 is 27.9 Å². The second-order valence-electron chi connectivity index (χ2n) is 30.0. The summed E-state index contributed by atoms with van der Waals surface area (Å²) in [7, 11) is -1.32. The summed E-state index contributed by atoms with van der Waals surface area (Å²) in [5.74, 6) is 0. The SMILES string of the molecule is C.CC1(C)OB(B2OC(C)(C)C(C)(C)O2)OC1(C)C.CC1(C)c2cc(B3OC(C)(C)C(C)(C)O3)ccc2-c2cc3c4ccccc4c4ccc5ccccc5c4c3cc21.CC1(C)c2cc(Br)ccc2-c2cc3c4ccccc4c4ccc5ccccc5c4c3cc21. The summed E-state index contributed by atoms with van der Waals surface area (Å²) in [4.78, 5) is 0. The summed E-state index contributed by atoms with van der Waals surface area (Å²) >= 11 is 3.70. The molecule has 458 valence electrons. The van der Waals surface area contributed by atoms with E-state index in [9.17, 15) is 0 Å². The summed E-state index contributed by atoms with van der Waals surface area (Å²) in [5, 5.41) is 21.2. The quantitative estimate of drug-likeness (QED) is 0.127. The average molecular weight is 1260 g/mol. The summed E-state index contributed by atoms with van der Waals surface area (Å²) in [6.45, 7) is 34.1. The summed E-state index contributed by atoms with van der Waals surface area (Å²) in [6.07, 6.45) is 0. The highest BCUT2D eigenvalue weighted by Gasteiger charge is 2.64. The van der Waals surface area contributed by atoms with Gasteiger partial charge in [-0.3, -0.25) is 0 Å². The van der Waals surface area contributed by atoms with E-state index in [1.165, 1.54) is 131 Å². The van der Waals surface area contributed by atoms with Crippen molar-refractivity contribution >= 4 is 129 Å². The smallest absolute Gasteiger partial charge is 0.405 e. The third-order valence-electron chi connectivity index (χ3n) is 22.3. The lowest BCUT2D eigenvalue weighted by atomic mass is 9.49. The van der Waals surface area contributed by atoms with Gasteiger partial charge in [-0.05, 0) is 256 Å². The van der Waals surface area contributed by atoms with Crippen molar-refractivity contribution in [2.24, 2.45) is 0 Å². The van der Waals surface area contributed by atoms with Crippen molar-refractivity contribution in [3.05, 3.63) is 209 Å². The van der Waals surface area contributed by atoms with Gasteiger partial charge in [0.25, 0.3) is 0 Å². The second-order valence-corrected chi connectivity index (χ2v) is 30.9. The van der Waals surface area contributed by atoms with Crippen molar-refractivity contribution in [2.45, 2.75) is 163 Å². The Labute approximate surface area is 546 Å².